The number of nitrogens with one attached hydrogen (secondary N) is 1. The van der Waals surface area contributed by atoms with E-state index in [4.69, 9.17) is 26.1 Å². The first-order valence-corrected chi connectivity index (χ1v) is 11.5. The number of hydrogen-bond acceptors (Lipinski definition) is 7. The number of methoxy groups -OCH3 is 1. The molecule has 0 bridgehead atoms. The Balaban J connectivity index is 1.51. The number of nitro benzene ring substituents is 1. The van der Waals surface area contributed by atoms with E-state index >= 15 is 0 Å². The lowest BCUT2D eigenvalue weighted by Crippen LogP contribution is -2.36. The van der Waals surface area contributed by atoms with E-state index < -0.39 is 4.92 Å². The van der Waals surface area contributed by atoms with E-state index in [2.05, 4.69) is 15.2 Å². The molecule has 5 rings (SSSR count). The number of benzene rings is 1. The molecule has 0 aliphatic carbocycles. The van der Waals surface area contributed by atoms with Crippen molar-refractivity contribution in [2.45, 2.75) is 31.0 Å². The van der Waals surface area contributed by atoms with E-state index in [1.54, 1.807) is 12.3 Å². The van der Waals surface area contributed by atoms with E-state index in [0.717, 1.165) is 25.1 Å². The highest BCUT2D eigenvalue weighted by atomic mass is 32.1. The normalized spacial score (nSPS) is 22.1. The Morgan fingerprint density at radius 2 is 2.18 bits per heavy atom. The quantitative estimate of drug-likeness (QED) is 0.299. The van der Waals surface area contributed by atoms with Crippen LogP contribution in [0.25, 0.3) is 11.3 Å². The van der Waals surface area contributed by atoms with Gasteiger partial charge in [0.25, 0.3) is 5.69 Å². The molecule has 0 amide bonds. The molecule has 2 aliphatic rings. The number of ether oxygens (including phenoxy) is 2. The molecular formula is C24H24N4O5S. The molecule has 3 atom stereocenters. The van der Waals surface area contributed by atoms with Gasteiger partial charge in [0.1, 0.15) is 23.3 Å². The zero-order valence-electron chi connectivity index (χ0n) is 18.5. The van der Waals surface area contributed by atoms with Crippen LogP contribution in [0.3, 0.4) is 0 Å². The molecule has 4 heterocycles. The second kappa shape index (κ2) is 9.40. The van der Waals surface area contributed by atoms with Crippen LogP contribution < -0.4 is 10.1 Å². The van der Waals surface area contributed by atoms with E-state index in [0.29, 0.717) is 34.5 Å². The van der Waals surface area contributed by atoms with Crippen LogP contribution in [0.15, 0.2) is 59.1 Å². The fourth-order valence-corrected chi connectivity index (χ4v) is 4.89. The molecular weight excluding hydrogens is 456 g/mol. The largest absolute Gasteiger partial charge is 0.496 e. The lowest BCUT2D eigenvalue weighted by Gasteiger charge is -2.28. The van der Waals surface area contributed by atoms with Gasteiger partial charge in [0, 0.05) is 25.4 Å². The summed E-state index contributed by atoms with van der Waals surface area (Å²) in [4.78, 5) is 17.4. The molecule has 1 aromatic carbocycles. The number of furan rings is 1. The number of hydrogen-bond donors (Lipinski definition) is 1. The Labute approximate surface area is 201 Å². The van der Waals surface area contributed by atoms with Gasteiger partial charge >= 0.3 is 0 Å². The van der Waals surface area contributed by atoms with Crippen LogP contribution in [-0.4, -0.2) is 46.3 Å². The van der Waals surface area contributed by atoms with Crippen molar-refractivity contribution in [2.75, 3.05) is 20.3 Å². The molecule has 2 saturated heterocycles. The van der Waals surface area contributed by atoms with Gasteiger partial charge in [-0.3, -0.25) is 15.1 Å². The molecule has 34 heavy (non-hydrogen) atoms. The van der Waals surface area contributed by atoms with Crippen molar-refractivity contribution < 1.29 is 18.8 Å². The van der Waals surface area contributed by atoms with Crippen molar-refractivity contribution >= 4 is 23.0 Å². The minimum atomic E-state index is -0.453. The van der Waals surface area contributed by atoms with Crippen LogP contribution in [0, 0.1) is 10.1 Å². The monoisotopic (exact) mass is 480 g/mol. The van der Waals surface area contributed by atoms with Gasteiger partial charge in [-0.1, -0.05) is 6.07 Å². The summed E-state index contributed by atoms with van der Waals surface area (Å²) in [6, 6.07) is 13.6. The molecule has 0 radical (unpaired) electrons. The van der Waals surface area contributed by atoms with Gasteiger partial charge in [-0.15, -0.1) is 0 Å². The third kappa shape index (κ3) is 4.22. The van der Waals surface area contributed by atoms with Crippen LogP contribution in [0.1, 0.15) is 36.4 Å². The number of nitrogens with zero attached hydrogens (tertiary/aromatic N) is 3. The lowest BCUT2D eigenvalue weighted by molar-refractivity contribution is -0.384. The summed E-state index contributed by atoms with van der Waals surface area (Å²) < 4.78 is 17.6. The molecule has 0 spiro atoms. The van der Waals surface area contributed by atoms with Crippen molar-refractivity contribution in [1.82, 2.24) is 15.2 Å². The van der Waals surface area contributed by atoms with Crippen molar-refractivity contribution in [3.8, 4) is 17.1 Å². The van der Waals surface area contributed by atoms with Crippen molar-refractivity contribution in [3.05, 3.63) is 76.3 Å². The fourth-order valence-electron chi connectivity index (χ4n) is 4.57. The molecule has 2 aliphatic heterocycles. The van der Waals surface area contributed by atoms with Crippen molar-refractivity contribution in [2.24, 2.45) is 0 Å². The van der Waals surface area contributed by atoms with Gasteiger partial charge < -0.3 is 24.1 Å². The molecule has 3 aromatic rings. The van der Waals surface area contributed by atoms with Gasteiger partial charge in [0.05, 0.1) is 41.5 Å². The predicted molar refractivity (Wildman–Crippen MR) is 128 cm³/mol. The van der Waals surface area contributed by atoms with Gasteiger partial charge in [0.2, 0.25) is 0 Å². The maximum absolute atomic E-state index is 11.2. The van der Waals surface area contributed by atoms with E-state index in [1.807, 2.05) is 30.3 Å². The maximum Gasteiger partial charge on any atom is 0.273 e. The number of pyridine rings is 1. The predicted octanol–water partition coefficient (Wildman–Crippen LogP) is 4.41. The van der Waals surface area contributed by atoms with Gasteiger partial charge in [-0.05, 0) is 55.4 Å². The molecule has 1 N–H and O–H groups in total. The minimum Gasteiger partial charge on any atom is -0.496 e. The smallest absolute Gasteiger partial charge is 0.273 e. The molecule has 0 saturated carbocycles. The Hall–Kier alpha value is -3.50. The summed E-state index contributed by atoms with van der Waals surface area (Å²) in [6.07, 6.45) is 3.89. The SMILES string of the molecule is COc1cc([N+](=O)[O-])ccc1-c1ccc(C2C(c3ccccn3)NC(=S)N2CC2CCCO2)o1. The van der Waals surface area contributed by atoms with Crippen molar-refractivity contribution in [1.29, 1.82) is 0 Å². The first-order chi connectivity index (χ1) is 16.5. The second-order valence-corrected chi connectivity index (χ2v) is 8.64. The van der Waals surface area contributed by atoms with Crippen LogP contribution >= 0.6 is 12.2 Å². The summed E-state index contributed by atoms with van der Waals surface area (Å²) in [5.41, 5.74) is 1.44. The molecule has 9 nitrogen and oxygen atoms in total. The van der Waals surface area contributed by atoms with E-state index in [-0.39, 0.29) is 23.9 Å². The lowest BCUT2D eigenvalue weighted by atomic mass is 10.0. The Morgan fingerprint density at radius 1 is 1.29 bits per heavy atom. The van der Waals surface area contributed by atoms with Crippen LogP contribution in [0.5, 0.6) is 5.75 Å². The third-order valence-corrected chi connectivity index (χ3v) is 6.55. The minimum absolute atomic E-state index is 0.0457. The molecule has 176 valence electrons. The zero-order chi connectivity index (χ0) is 23.7. The Kier molecular flexibility index (Phi) is 6.16. The highest BCUT2D eigenvalue weighted by Gasteiger charge is 2.43. The fraction of sp³-hybridized carbons (Fsp3) is 0.333. The number of aromatic nitrogens is 1. The zero-order valence-corrected chi connectivity index (χ0v) is 19.4. The summed E-state index contributed by atoms with van der Waals surface area (Å²) in [6.45, 7) is 1.41. The first-order valence-electron chi connectivity index (χ1n) is 11.1. The average Bonchev–Trinajstić information content (AvgIpc) is 3.61. The molecule has 3 unspecified atom stereocenters. The molecule has 10 heteroatoms. The summed E-state index contributed by atoms with van der Waals surface area (Å²) >= 11 is 5.71. The van der Waals surface area contributed by atoms with E-state index in [1.165, 1.54) is 19.2 Å². The summed E-state index contributed by atoms with van der Waals surface area (Å²) in [7, 11) is 1.48. The Bertz CT molecular complexity index is 1200. The third-order valence-electron chi connectivity index (χ3n) is 6.20. The number of non-ortho nitro benzene ring substituents is 1. The van der Waals surface area contributed by atoms with Crippen LogP contribution in [0.2, 0.25) is 0 Å². The Morgan fingerprint density at radius 3 is 2.88 bits per heavy atom. The first kappa shape index (κ1) is 22.3. The molecule has 2 aromatic heterocycles. The number of nitro groups is 1. The maximum atomic E-state index is 11.2. The van der Waals surface area contributed by atoms with Gasteiger partial charge in [0.15, 0.2) is 5.11 Å². The summed E-state index contributed by atoms with van der Waals surface area (Å²) in [5, 5.41) is 15.2. The highest BCUT2D eigenvalue weighted by molar-refractivity contribution is 7.80. The average molecular weight is 481 g/mol. The van der Waals surface area contributed by atoms with Crippen LogP contribution in [-0.2, 0) is 4.74 Å². The van der Waals surface area contributed by atoms with Gasteiger partial charge in [-0.25, -0.2) is 0 Å². The molecule has 2 fully saturated rings. The number of thiocarbonyl (C=S) groups is 1. The van der Waals surface area contributed by atoms with Crippen LogP contribution in [0.4, 0.5) is 5.69 Å². The standard InChI is InChI=1S/C24H24N4O5S/c1-31-21-13-15(28(29)30)7-8-17(21)19-9-10-20(33-19)23-22(18-6-2-3-11-25-18)26-24(34)27(23)14-16-5-4-12-32-16/h2-3,6-11,13,16,22-23H,4-5,12,14H2,1H3,(H,26,34). The second-order valence-electron chi connectivity index (χ2n) is 8.26. The van der Waals surface area contributed by atoms with E-state index in [9.17, 15) is 10.1 Å². The number of rotatable bonds is 7. The van der Waals surface area contributed by atoms with Gasteiger partial charge in [-0.2, -0.15) is 0 Å². The highest BCUT2D eigenvalue weighted by Crippen LogP contribution is 2.42. The topological polar surface area (TPSA) is 103 Å². The van der Waals surface area contributed by atoms with Crippen molar-refractivity contribution in [3.63, 3.8) is 0 Å². The summed E-state index contributed by atoms with van der Waals surface area (Å²) in [5.74, 6) is 1.63.